The van der Waals surface area contributed by atoms with Crippen molar-refractivity contribution in [2.45, 2.75) is 88.2 Å². The molecule has 0 spiro atoms. The number of nitrogens with two attached hydrogens (primary N) is 3. The van der Waals surface area contributed by atoms with Crippen molar-refractivity contribution >= 4 is 57.5 Å². The molecule has 0 saturated heterocycles. The molecule has 320 valence electrons. The van der Waals surface area contributed by atoms with Crippen LogP contribution in [0.2, 0.25) is 5.15 Å². The van der Waals surface area contributed by atoms with Gasteiger partial charge in [-0.25, -0.2) is 9.97 Å². The van der Waals surface area contributed by atoms with Crippen molar-refractivity contribution in [3.63, 3.8) is 0 Å². The van der Waals surface area contributed by atoms with Crippen LogP contribution >= 0.6 is 11.6 Å². The molecule has 4 aromatic rings. The molecule has 0 saturated carbocycles. The molecular weight excluding hydrogens is 780 g/mol. The molecule has 0 aliphatic rings. The molecule has 0 radical (unpaired) electrons. The maximum Gasteiger partial charge on any atom is 0.280 e. The fourth-order valence-corrected chi connectivity index (χ4v) is 6.61. The Morgan fingerprint density at radius 3 is 2.10 bits per heavy atom. The molecule has 5 atom stereocenters. The van der Waals surface area contributed by atoms with Gasteiger partial charge in [0, 0.05) is 18.8 Å². The number of nitrogens with zero attached hydrogens (tertiary/aromatic N) is 2. The standard InChI is InChI=1S/C41H57ClN10O7/c42-36-38(45)51-37(44)33(50-36)40(59)52-41(46)48-20-8-6-10-25-15-16-26(29-12-5-4-11-28(25)29)21-30(43)39(58)49-27-17-13-24(14-18-27)9-3-1-2-7-19-47-22-31(54)34(56)35(57)32(55)23-53/h4-5,11-18,30-32,34-35,47,53-57H,1-3,6-10,19-23,43H2,(H,49,58)(H4,44,45,51)(H3,46,48,52,59)/t30-,31-,32+,34+,35+/m0/s1. The first-order chi connectivity index (χ1) is 28.3. The van der Waals surface area contributed by atoms with Crippen molar-refractivity contribution in [2.24, 2.45) is 5.73 Å². The number of carbonyl (C=O) groups excluding carboxylic acids is 2. The summed E-state index contributed by atoms with van der Waals surface area (Å²) in [5, 5.41) is 69.1. The van der Waals surface area contributed by atoms with Crippen LogP contribution in [0.4, 0.5) is 17.3 Å². The number of hydrogen-bond acceptors (Lipinski definition) is 14. The van der Waals surface area contributed by atoms with Crippen molar-refractivity contribution in [3.8, 4) is 0 Å². The van der Waals surface area contributed by atoms with Crippen LogP contribution in [0, 0.1) is 5.41 Å². The summed E-state index contributed by atoms with van der Waals surface area (Å²) in [4.78, 5) is 33.2. The second-order valence-electron chi connectivity index (χ2n) is 14.4. The molecular formula is C41H57ClN10O7. The zero-order valence-electron chi connectivity index (χ0n) is 32.9. The fourth-order valence-electron chi connectivity index (χ4n) is 6.49. The summed E-state index contributed by atoms with van der Waals surface area (Å²) in [6, 6.07) is 19.1. The number of guanidine groups is 1. The average molecular weight is 837 g/mol. The van der Waals surface area contributed by atoms with Gasteiger partial charge in [0.15, 0.2) is 28.4 Å². The Bertz CT molecular complexity index is 1990. The monoisotopic (exact) mass is 836 g/mol. The van der Waals surface area contributed by atoms with E-state index in [-0.39, 0.29) is 40.9 Å². The quantitative estimate of drug-likeness (QED) is 0.0285. The number of aliphatic hydroxyl groups is 5. The van der Waals surface area contributed by atoms with Crippen LogP contribution in [0.25, 0.3) is 10.8 Å². The highest BCUT2D eigenvalue weighted by Gasteiger charge is 2.29. The van der Waals surface area contributed by atoms with Crippen LogP contribution in [-0.2, 0) is 24.1 Å². The predicted molar refractivity (Wildman–Crippen MR) is 229 cm³/mol. The zero-order chi connectivity index (χ0) is 42.9. The number of halogens is 1. The number of amides is 2. The highest BCUT2D eigenvalue weighted by Crippen LogP contribution is 2.26. The summed E-state index contributed by atoms with van der Waals surface area (Å²) in [5.74, 6) is -1.49. The van der Waals surface area contributed by atoms with Gasteiger partial charge < -0.3 is 58.7 Å². The van der Waals surface area contributed by atoms with Crippen molar-refractivity contribution < 1.29 is 35.1 Å². The van der Waals surface area contributed by atoms with E-state index in [2.05, 4.69) is 43.4 Å². The van der Waals surface area contributed by atoms with E-state index in [1.807, 2.05) is 48.5 Å². The lowest BCUT2D eigenvalue weighted by Crippen LogP contribution is -2.49. The highest BCUT2D eigenvalue weighted by atomic mass is 35.5. The van der Waals surface area contributed by atoms with Gasteiger partial charge in [-0.2, -0.15) is 0 Å². The molecule has 2 amide bonds. The van der Waals surface area contributed by atoms with E-state index in [0.29, 0.717) is 25.2 Å². The van der Waals surface area contributed by atoms with E-state index in [4.69, 9.17) is 39.3 Å². The van der Waals surface area contributed by atoms with E-state index in [1.165, 1.54) is 0 Å². The first kappa shape index (κ1) is 46.7. The Kier molecular flexibility index (Phi) is 18.7. The lowest BCUT2D eigenvalue weighted by atomic mass is 9.93. The van der Waals surface area contributed by atoms with E-state index >= 15 is 0 Å². The number of benzene rings is 3. The van der Waals surface area contributed by atoms with Gasteiger partial charge in [-0.05, 0) is 91.1 Å². The molecule has 59 heavy (non-hydrogen) atoms. The number of nitrogens with one attached hydrogen (secondary N) is 5. The van der Waals surface area contributed by atoms with Gasteiger partial charge in [-0.15, -0.1) is 0 Å². The molecule has 0 aliphatic carbocycles. The first-order valence-electron chi connectivity index (χ1n) is 19.7. The summed E-state index contributed by atoms with van der Waals surface area (Å²) >= 11 is 5.85. The van der Waals surface area contributed by atoms with Crippen molar-refractivity contribution in [1.82, 2.24) is 25.9 Å². The second kappa shape index (κ2) is 23.6. The number of nitrogen functional groups attached to an aromatic ring is 2. The Morgan fingerprint density at radius 2 is 1.39 bits per heavy atom. The Balaban J connectivity index is 1.14. The topological polar surface area (TPSA) is 311 Å². The molecule has 16 N–H and O–H groups in total. The van der Waals surface area contributed by atoms with Crippen molar-refractivity contribution in [3.05, 3.63) is 88.2 Å². The molecule has 18 heteroatoms. The lowest BCUT2D eigenvalue weighted by molar-refractivity contribution is -0.117. The molecule has 0 unspecified atom stereocenters. The van der Waals surface area contributed by atoms with E-state index < -0.39 is 43.0 Å². The molecule has 4 rings (SSSR count). The molecule has 17 nitrogen and oxygen atoms in total. The molecule has 0 bridgehead atoms. The van der Waals surface area contributed by atoms with Gasteiger partial charge >= 0.3 is 0 Å². The van der Waals surface area contributed by atoms with Gasteiger partial charge in [0.1, 0.15) is 18.3 Å². The average Bonchev–Trinajstić information content (AvgIpc) is 3.23. The van der Waals surface area contributed by atoms with Gasteiger partial charge in [-0.3, -0.25) is 20.3 Å². The summed E-state index contributed by atoms with van der Waals surface area (Å²) in [5.41, 5.74) is 21.4. The van der Waals surface area contributed by atoms with Crippen molar-refractivity contribution in [1.29, 1.82) is 5.41 Å². The fraction of sp³-hybridized carbons (Fsp3) is 0.439. The SMILES string of the molecule is N=C(NCCCCc1ccc(C[C@H](N)C(=O)Nc2ccc(CCCCCCNC[C@H](O)[C@@H](O)[C@H](O)[C@H](O)CO)cc2)c2ccccc12)NC(=O)c1nc(Cl)c(N)nc1N. The third-order valence-electron chi connectivity index (χ3n) is 9.88. The molecule has 3 aromatic carbocycles. The number of aliphatic hydroxyl groups excluding tert-OH is 5. The van der Waals surface area contributed by atoms with Crippen LogP contribution in [0.1, 0.15) is 65.7 Å². The molecule has 1 aromatic heterocycles. The Morgan fingerprint density at radius 1 is 0.763 bits per heavy atom. The van der Waals surface area contributed by atoms with Crippen LogP contribution in [0.3, 0.4) is 0 Å². The summed E-state index contributed by atoms with van der Waals surface area (Å²) in [7, 11) is 0. The summed E-state index contributed by atoms with van der Waals surface area (Å²) in [6.07, 6.45) is 1.40. The number of aromatic nitrogens is 2. The molecule has 1 heterocycles. The van der Waals surface area contributed by atoms with Crippen LogP contribution in [0.15, 0.2) is 60.7 Å². The van der Waals surface area contributed by atoms with Crippen LogP contribution in [-0.4, -0.2) is 110 Å². The minimum absolute atomic E-state index is 0.0514. The second-order valence-corrected chi connectivity index (χ2v) is 14.8. The van der Waals surface area contributed by atoms with Gasteiger partial charge in [0.2, 0.25) is 5.91 Å². The lowest BCUT2D eigenvalue weighted by Gasteiger charge is -2.25. The highest BCUT2D eigenvalue weighted by molar-refractivity contribution is 6.31. The number of hydrogen-bond donors (Lipinski definition) is 13. The van der Waals surface area contributed by atoms with Gasteiger partial charge in [0.05, 0.1) is 18.8 Å². The van der Waals surface area contributed by atoms with E-state index in [0.717, 1.165) is 78.8 Å². The van der Waals surface area contributed by atoms with E-state index in [9.17, 15) is 30.0 Å². The Labute approximate surface area is 348 Å². The van der Waals surface area contributed by atoms with E-state index in [1.54, 1.807) is 0 Å². The third-order valence-corrected chi connectivity index (χ3v) is 10.2. The number of fused-ring (bicyclic) bond motifs is 1. The summed E-state index contributed by atoms with van der Waals surface area (Å²) < 4.78 is 0. The first-order valence-corrected chi connectivity index (χ1v) is 20.1. The van der Waals surface area contributed by atoms with Crippen LogP contribution in [0.5, 0.6) is 0 Å². The predicted octanol–water partition coefficient (Wildman–Crippen LogP) is 1.36. The van der Waals surface area contributed by atoms with Gasteiger partial charge in [0.25, 0.3) is 5.91 Å². The number of aryl methyl sites for hydroxylation is 2. The smallest absolute Gasteiger partial charge is 0.280 e. The minimum atomic E-state index is -1.63. The summed E-state index contributed by atoms with van der Waals surface area (Å²) in [6.45, 7) is 0.410. The normalized spacial score (nSPS) is 13.9. The number of carbonyl (C=O) groups is 2. The van der Waals surface area contributed by atoms with Gasteiger partial charge in [-0.1, -0.05) is 73.0 Å². The number of anilines is 3. The van der Waals surface area contributed by atoms with Crippen molar-refractivity contribution in [2.75, 3.05) is 43.0 Å². The molecule has 0 aliphatic heterocycles. The maximum absolute atomic E-state index is 13.1. The maximum atomic E-state index is 13.1. The largest absolute Gasteiger partial charge is 0.394 e. The zero-order valence-corrected chi connectivity index (χ0v) is 33.7. The molecule has 0 fully saturated rings. The number of rotatable bonds is 23. The Hall–Kier alpha value is -4.98. The van der Waals surface area contributed by atoms with Crippen LogP contribution < -0.4 is 38.5 Å². The minimum Gasteiger partial charge on any atom is -0.394 e. The third kappa shape index (κ3) is 14.4. The number of unbranched alkanes of at least 4 members (excludes halogenated alkanes) is 4.